The number of para-hydroxylation sites is 1. The number of carbonyl (C=O) groups excluding carboxylic acids is 1. The van der Waals surface area contributed by atoms with Gasteiger partial charge in [0.1, 0.15) is 0 Å². The number of fused-ring (bicyclic) bond motifs is 3. The van der Waals surface area contributed by atoms with Crippen molar-refractivity contribution in [3.63, 3.8) is 0 Å². The highest BCUT2D eigenvalue weighted by atomic mass is 35.5. The fraction of sp³-hybridized carbons (Fsp3) is 0.267. The van der Waals surface area contributed by atoms with Crippen LogP contribution >= 0.6 is 23.4 Å². The third-order valence-electron chi connectivity index (χ3n) is 8.27. The Kier molecular flexibility index (Phi) is 6.43. The zero-order valence-corrected chi connectivity index (χ0v) is 22.6. The van der Waals surface area contributed by atoms with Gasteiger partial charge in [0, 0.05) is 44.4 Å². The lowest BCUT2D eigenvalue weighted by molar-refractivity contribution is -0.124. The molecule has 39 heavy (non-hydrogen) atoms. The van der Waals surface area contributed by atoms with Crippen LogP contribution in [-0.4, -0.2) is 28.0 Å². The molecule has 200 valence electrons. The topological polar surface area (TPSA) is 71.3 Å². The van der Waals surface area contributed by atoms with Crippen LogP contribution in [0.2, 0.25) is 5.02 Å². The molecule has 2 N–H and O–H groups in total. The van der Waals surface area contributed by atoms with E-state index in [0.29, 0.717) is 22.5 Å². The molecule has 2 atom stereocenters. The fourth-order valence-electron chi connectivity index (χ4n) is 6.42. The Balaban J connectivity index is 1.42. The molecule has 1 spiro atoms. The smallest absolute Gasteiger partial charge is 0.338 e. The summed E-state index contributed by atoms with van der Waals surface area (Å²) in [4.78, 5) is 26.1. The Morgan fingerprint density at radius 1 is 1.13 bits per heavy atom. The number of carboxylic acids is 1. The van der Waals surface area contributed by atoms with Crippen molar-refractivity contribution >= 4 is 51.7 Å². The van der Waals surface area contributed by atoms with Gasteiger partial charge in [-0.1, -0.05) is 54.0 Å². The molecular formula is C30H25ClF2N2O3S. The van der Waals surface area contributed by atoms with Gasteiger partial charge in [-0.3, -0.25) is 4.79 Å². The van der Waals surface area contributed by atoms with E-state index in [1.54, 1.807) is 17.6 Å². The summed E-state index contributed by atoms with van der Waals surface area (Å²) in [5.41, 5.74) is 2.25. The van der Waals surface area contributed by atoms with Crippen molar-refractivity contribution in [1.82, 2.24) is 4.57 Å². The van der Waals surface area contributed by atoms with E-state index in [1.165, 1.54) is 24.3 Å². The van der Waals surface area contributed by atoms with Crippen molar-refractivity contribution in [2.45, 2.75) is 47.9 Å². The number of benzene rings is 3. The molecule has 2 aliphatic rings. The number of hydrogen-bond donors (Lipinski definition) is 2. The number of carbonyl (C=O) groups is 2. The summed E-state index contributed by atoms with van der Waals surface area (Å²) in [6.45, 7) is 2.40. The number of rotatable bonds is 6. The first-order chi connectivity index (χ1) is 18.7. The van der Waals surface area contributed by atoms with Crippen molar-refractivity contribution < 1.29 is 23.5 Å². The van der Waals surface area contributed by atoms with Crippen LogP contribution in [0.4, 0.5) is 14.5 Å². The number of halogens is 3. The van der Waals surface area contributed by atoms with Crippen LogP contribution in [0.3, 0.4) is 0 Å². The van der Waals surface area contributed by atoms with Gasteiger partial charge in [-0.25, -0.2) is 13.6 Å². The molecule has 4 aromatic rings. The lowest BCUT2D eigenvalue weighted by atomic mass is 9.72. The maximum absolute atomic E-state index is 15.5. The Morgan fingerprint density at radius 3 is 2.72 bits per heavy atom. The van der Waals surface area contributed by atoms with E-state index in [9.17, 15) is 14.7 Å². The summed E-state index contributed by atoms with van der Waals surface area (Å²) in [6, 6.07) is 15.3. The lowest BCUT2D eigenvalue weighted by Crippen LogP contribution is -2.38. The van der Waals surface area contributed by atoms with Crippen LogP contribution in [0.15, 0.2) is 64.4 Å². The largest absolute Gasteiger partial charge is 0.478 e. The van der Waals surface area contributed by atoms with E-state index in [0.717, 1.165) is 42.3 Å². The van der Waals surface area contributed by atoms with Gasteiger partial charge in [0.05, 0.1) is 22.6 Å². The van der Waals surface area contributed by atoms with E-state index < -0.39 is 23.2 Å². The van der Waals surface area contributed by atoms with Crippen LogP contribution < -0.4 is 5.32 Å². The molecule has 0 amide bonds. The van der Waals surface area contributed by atoms with Crippen LogP contribution in [0, 0.1) is 24.5 Å². The van der Waals surface area contributed by atoms with E-state index in [-0.39, 0.29) is 39.1 Å². The molecule has 3 aromatic carbocycles. The van der Waals surface area contributed by atoms with Gasteiger partial charge < -0.3 is 15.0 Å². The Labute approximate surface area is 233 Å². The predicted molar refractivity (Wildman–Crippen MR) is 148 cm³/mol. The summed E-state index contributed by atoms with van der Waals surface area (Å²) < 4.78 is 32.2. The Hall–Kier alpha value is -3.36. The Morgan fingerprint density at radius 2 is 1.92 bits per heavy atom. The quantitative estimate of drug-likeness (QED) is 0.253. The third-order valence-corrected chi connectivity index (χ3v) is 9.81. The van der Waals surface area contributed by atoms with E-state index in [2.05, 4.69) is 11.4 Å². The number of nitrogens with zero attached hydrogens (tertiary/aromatic N) is 1. The summed E-state index contributed by atoms with van der Waals surface area (Å²) >= 11 is 7.18. The number of hydrogen-bond acceptors (Lipinski definition) is 4. The summed E-state index contributed by atoms with van der Waals surface area (Å²) in [6.07, 6.45) is 2.59. The van der Waals surface area contributed by atoms with E-state index in [1.807, 2.05) is 18.2 Å². The summed E-state index contributed by atoms with van der Waals surface area (Å²) in [7, 11) is 0. The van der Waals surface area contributed by atoms with Crippen LogP contribution in [0.1, 0.15) is 40.9 Å². The molecule has 2 unspecified atom stereocenters. The zero-order chi connectivity index (χ0) is 27.5. The molecule has 1 aromatic heterocycles. The molecule has 5 nitrogen and oxygen atoms in total. The molecule has 9 heteroatoms. The minimum Gasteiger partial charge on any atom is -0.478 e. The van der Waals surface area contributed by atoms with Gasteiger partial charge in [-0.15, -0.1) is 0 Å². The molecule has 0 bridgehead atoms. The van der Waals surface area contributed by atoms with Crippen molar-refractivity contribution in [3.05, 3.63) is 88.1 Å². The van der Waals surface area contributed by atoms with Crippen LogP contribution in [0.5, 0.6) is 0 Å². The van der Waals surface area contributed by atoms with Gasteiger partial charge in [-0.05, 0) is 55.7 Å². The molecular weight excluding hydrogens is 542 g/mol. The molecule has 1 saturated carbocycles. The number of aromatic nitrogens is 1. The molecule has 6 rings (SSSR count). The number of anilines is 1. The van der Waals surface area contributed by atoms with Gasteiger partial charge in [0.15, 0.2) is 17.4 Å². The van der Waals surface area contributed by atoms with E-state index >= 15 is 8.78 Å². The Bertz CT molecular complexity index is 1670. The fourth-order valence-corrected chi connectivity index (χ4v) is 7.68. The molecule has 2 heterocycles. The first-order valence-corrected chi connectivity index (χ1v) is 13.9. The van der Waals surface area contributed by atoms with Gasteiger partial charge in [0.2, 0.25) is 0 Å². The van der Waals surface area contributed by atoms with Crippen molar-refractivity contribution in [2.24, 2.45) is 5.92 Å². The SMILES string of the molecule is Cc1c(Sc2cccc(C(=O)O)c2F)c2ccc(Cl)c(F)c2n1CC(=O)C1CCCC12CNc1ccccc12. The lowest BCUT2D eigenvalue weighted by Gasteiger charge is -2.31. The predicted octanol–water partition coefficient (Wildman–Crippen LogP) is 7.46. The van der Waals surface area contributed by atoms with Crippen molar-refractivity contribution in [3.8, 4) is 0 Å². The normalized spacial score (nSPS) is 19.9. The maximum atomic E-state index is 15.5. The molecule has 1 aliphatic heterocycles. The minimum atomic E-state index is -1.37. The van der Waals surface area contributed by atoms with E-state index in [4.69, 9.17) is 11.6 Å². The number of ketones is 1. The van der Waals surface area contributed by atoms with Gasteiger partial charge in [0.25, 0.3) is 0 Å². The standard InChI is InChI=1S/C30H25ClF2N2O3S/c1-16-28(39-24-10-4-6-17(25(24)32)29(37)38)18-11-12-21(31)26(33)27(18)35(16)14-23(36)20-8-5-13-30(20)15-34-22-9-3-2-7-19(22)30/h2-4,6-7,9-12,20,34H,5,8,13-15H2,1H3,(H,37,38). The number of nitrogens with one attached hydrogen (secondary N) is 1. The summed E-state index contributed by atoms with van der Waals surface area (Å²) in [5, 5.41) is 13.2. The number of Topliss-reactive ketones (excluding diaryl/α,β-unsaturated/α-hetero) is 1. The number of carboxylic acid groups (broad SMARTS) is 1. The highest BCUT2D eigenvalue weighted by molar-refractivity contribution is 7.99. The van der Waals surface area contributed by atoms with Crippen LogP contribution in [-0.2, 0) is 16.8 Å². The molecule has 1 fully saturated rings. The second kappa shape index (κ2) is 9.68. The third kappa shape index (κ3) is 4.03. The first-order valence-electron chi connectivity index (χ1n) is 12.8. The first kappa shape index (κ1) is 25.9. The van der Waals surface area contributed by atoms with Crippen LogP contribution in [0.25, 0.3) is 10.9 Å². The average Bonchev–Trinajstić information content (AvgIpc) is 3.59. The average molecular weight is 567 g/mol. The van der Waals surface area contributed by atoms with Crippen molar-refractivity contribution in [2.75, 3.05) is 11.9 Å². The minimum absolute atomic E-state index is 0.0148. The summed E-state index contributed by atoms with van der Waals surface area (Å²) in [5.74, 6) is -3.09. The zero-order valence-electron chi connectivity index (χ0n) is 21.1. The van der Waals surface area contributed by atoms with Crippen molar-refractivity contribution in [1.29, 1.82) is 0 Å². The van der Waals surface area contributed by atoms with Gasteiger partial charge in [-0.2, -0.15) is 0 Å². The second-order valence-electron chi connectivity index (χ2n) is 10.2. The monoisotopic (exact) mass is 566 g/mol. The second-order valence-corrected chi connectivity index (χ2v) is 11.7. The van der Waals surface area contributed by atoms with Gasteiger partial charge >= 0.3 is 5.97 Å². The maximum Gasteiger partial charge on any atom is 0.338 e. The highest BCUT2D eigenvalue weighted by Crippen LogP contribution is 2.52. The molecule has 0 saturated heterocycles. The molecule has 0 radical (unpaired) electrons. The highest BCUT2D eigenvalue weighted by Gasteiger charge is 2.51. The molecule has 1 aliphatic carbocycles. The number of aromatic carboxylic acids is 1.